The zero-order chi connectivity index (χ0) is 34.0. The molecule has 15 heteroatoms. The zero-order valence-corrected chi connectivity index (χ0v) is 27.0. The Bertz CT molecular complexity index is 1680. The van der Waals surface area contributed by atoms with E-state index in [1.54, 1.807) is 19.2 Å². The van der Waals surface area contributed by atoms with Gasteiger partial charge in [0.1, 0.15) is 41.6 Å². The highest BCUT2D eigenvalue weighted by molar-refractivity contribution is 5.80. The van der Waals surface area contributed by atoms with Crippen molar-refractivity contribution in [1.29, 1.82) is 5.26 Å². The summed E-state index contributed by atoms with van der Waals surface area (Å²) in [6.07, 6.45) is -1.71. The summed E-state index contributed by atoms with van der Waals surface area (Å²) in [6.45, 7) is 6.84. The molecule has 3 aromatic rings. The van der Waals surface area contributed by atoms with Crippen molar-refractivity contribution in [2.75, 3.05) is 63.3 Å². The first-order valence-corrected chi connectivity index (χ1v) is 15.8. The van der Waals surface area contributed by atoms with Gasteiger partial charge >= 0.3 is 5.92 Å². The van der Waals surface area contributed by atoms with Gasteiger partial charge in [-0.2, -0.15) is 10.2 Å². The van der Waals surface area contributed by atoms with Crippen molar-refractivity contribution in [2.24, 2.45) is 0 Å². The number of alkyl halides is 2. The Morgan fingerprint density at radius 2 is 1.98 bits per heavy atom. The van der Waals surface area contributed by atoms with E-state index in [-0.39, 0.29) is 30.3 Å². The Morgan fingerprint density at radius 1 is 1.17 bits per heavy atom. The lowest BCUT2D eigenvalue weighted by molar-refractivity contribution is -0.165. The molecule has 1 aromatic carbocycles. The number of pyridine rings is 1. The van der Waals surface area contributed by atoms with Gasteiger partial charge in [0, 0.05) is 50.3 Å². The summed E-state index contributed by atoms with van der Waals surface area (Å²) < 4.78 is 46.6. The molecule has 3 atom stereocenters. The van der Waals surface area contributed by atoms with Crippen LogP contribution in [0.15, 0.2) is 42.7 Å². The van der Waals surface area contributed by atoms with Crippen LogP contribution >= 0.6 is 0 Å². The molecule has 0 aliphatic carbocycles. The lowest BCUT2D eigenvalue weighted by atomic mass is 10.0. The molecular formula is C33H38F2N8O5. The van der Waals surface area contributed by atoms with Gasteiger partial charge in [0.2, 0.25) is 5.88 Å². The molecule has 0 radical (unpaired) electrons. The first-order valence-electron chi connectivity index (χ1n) is 15.8. The molecule has 0 spiro atoms. The van der Waals surface area contributed by atoms with Crippen LogP contribution in [0.3, 0.4) is 0 Å². The van der Waals surface area contributed by atoms with E-state index in [4.69, 9.17) is 14.2 Å². The van der Waals surface area contributed by atoms with E-state index in [9.17, 15) is 23.9 Å². The third-order valence-electron chi connectivity index (χ3n) is 8.93. The normalized spacial score (nSPS) is 21.9. The number of nitrogens with one attached hydrogen (secondary N) is 1. The molecule has 1 amide bonds. The predicted molar refractivity (Wildman–Crippen MR) is 171 cm³/mol. The van der Waals surface area contributed by atoms with Crippen molar-refractivity contribution < 1.29 is 32.9 Å². The topological polar surface area (TPSA) is 149 Å². The molecule has 3 saturated heterocycles. The number of piperidine rings is 1. The van der Waals surface area contributed by atoms with E-state index in [2.05, 4.69) is 37.0 Å². The molecule has 0 bridgehead atoms. The maximum Gasteiger partial charge on any atom is 0.301 e. The van der Waals surface area contributed by atoms with Crippen molar-refractivity contribution in [3.05, 3.63) is 48.3 Å². The molecule has 254 valence electrons. The summed E-state index contributed by atoms with van der Waals surface area (Å²) in [5.74, 6) is -2.69. The van der Waals surface area contributed by atoms with E-state index in [1.807, 2.05) is 18.2 Å². The summed E-state index contributed by atoms with van der Waals surface area (Å²) in [6, 6.07) is 12.9. The molecule has 6 rings (SSSR count). The van der Waals surface area contributed by atoms with E-state index < -0.39 is 30.6 Å². The number of hydrogen-bond donors (Lipinski definition) is 2. The molecule has 13 nitrogen and oxygen atoms in total. The predicted octanol–water partition coefficient (Wildman–Crippen LogP) is 3.07. The van der Waals surface area contributed by atoms with E-state index in [0.29, 0.717) is 34.8 Å². The Balaban J connectivity index is 1.13. The van der Waals surface area contributed by atoms with Gasteiger partial charge in [-0.25, -0.2) is 18.7 Å². The lowest BCUT2D eigenvalue weighted by Crippen LogP contribution is -2.59. The molecule has 0 unspecified atom stereocenters. The second kappa shape index (κ2) is 13.8. The number of rotatable bonds is 9. The monoisotopic (exact) mass is 664 g/mol. The minimum absolute atomic E-state index is 0.00203. The van der Waals surface area contributed by atoms with E-state index in [1.165, 1.54) is 25.4 Å². The van der Waals surface area contributed by atoms with Crippen molar-refractivity contribution in [3.63, 3.8) is 0 Å². The maximum absolute atomic E-state index is 14.9. The largest absolute Gasteiger partial charge is 0.483 e. The number of methoxy groups -OCH3 is 1. The van der Waals surface area contributed by atoms with Gasteiger partial charge in [0.05, 0.1) is 44.2 Å². The number of carbonyl (C=O) groups excluding carboxylic acids is 1. The Morgan fingerprint density at radius 3 is 2.65 bits per heavy atom. The fourth-order valence-corrected chi connectivity index (χ4v) is 6.25. The molecule has 5 heterocycles. The number of likely N-dealkylation sites (tertiary alicyclic amines) is 1. The van der Waals surface area contributed by atoms with Gasteiger partial charge in [-0.1, -0.05) is 0 Å². The summed E-state index contributed by atoms with van der Waals surface area (Å²) in [5.41, 5.74) is 2.00. The number of benzene rings is 1. The van der Waals surface area contributed by atoms with Crippen LogP contribution in [0.2, 0.25) is 0 Å². The fourth-order valence-electron chi connectivity index (χ4n) is 6.25. The number of aliphatic hydroxyl groups excluding tert-OH is 1. The number of carbonyl (C=O) groups is 1. The molecule has 48 heavy (non-hydrogen) atoms. The molecule has 3 fully saturated rings. The van der Waals surface area contributed by atoms with Crippen LogP contribution in [0.25, 0.3) is 11.3 Å². The Labute approximate surface area is 277 Å². The highest BCUT2D eigenvalue weighted by Crippen LogP contribution is 2.35. The van der Waals surface area contributed by atoms with Crippen molar-refractivity contribution in [3.8, 4) is 29.0 Å². The Kier molecular flexibility index (Phi) is 9.58. The van der Waals surface area contributed by atoms with Crippen molar-refractivity contribution >= 4 is 23.2 Å². The van der Waals surface area contributed by atoms with Crippen LogP contribution in [0.4, 0.5) is 26.1 Å². The van der Waals surface area contributed by atoms with Crippen LogP contribution in [0.5, 0.6) is 11.6 Å². The van der Waals surface area contributed by atoms with Crippen LogP contribution in [0.1, 0.15) is 25.8 Å². The maximum atomic E-state index is 14.9. The second-order valence-electron chi connectivity index (χ2n) is 12.3. The van der Waals surface area contributed by atoms with Gasteiger partial charge in [-0.15, -0.1) is 0 Å². The van der Waals surface area contributed by atoms with Crippen LogP contribution in [-0.4, -0.2) is 119 Å². The summed E-state index contributed by atoms with van der Waals surface area (Å²) in [5, 5.41) is 22.5. The standard InChI is InChI=1S/C33H38F2N8O5/c1-20-15-41(24-16-47-17-24)10-11-43(20)26-5-7-29(40-31(26)46-3)39-30-13-25(37-19-38-30)22-4-6-27(23(12-22)14-36)48-28-8-9-42(18-33(28,34)35)32(45)21(2)44/h4-7,12-13,19-21,24,28,44H,8-11,15-18H2,1-3H3,(H,37,38,39,40)/t20-,21+,28-/m0/s1. The van der Waals surface area contributed by atoms with Gasteiger partial charge < -0.3 is 34.4 Å². The number of aliphatic hydroxyl groups is 1. The number of amides is 1. The lowest BCUT2D eigenvalue weighted by Gasteiger charge is -2.46. The minimum Gasteiger partial charge on any atom is -0.483 e. The Hall–Kier alpha value is -4.65. The number of piperazine rings is 1. The third kappa shape index (κ3) is 6.96. The van der Waals surface area contributed by atoms with Crippen molar-refractivity contribution in [2.45, 2.75) is 50.5 Å². The number of aromatic nitrogens is 3. The van der Waals surface area contributed by atoms with E-state index >= 15 is 0 Å². The number of nitriles is 1. The fraction of sp³-hybridized carbons (Fsp3) is 0.485. The summed E-state index contributed by atoms with van der Waals surface area (Å²) in [7, 11) is 1.59. The first-order chi connectivity index (χ1) is 23.1. The third-order valence-corrected chi connectivity index (χ3v) is 8.93. The average Bonchev–Trinajstić information content (AvgIpc) is 3.04. The highest BCUT2D eigenvalue weighted by atomic mass is 19.3. The number of halogens is 2. The van der Waals surface area contributed by atoms with Gasteiger partial charge in [0.25, 0.3) is 5.91 Å². The van der Waals surface area contributed by atoms with Gasteiger partial charge in [-0.05, 0) is 44.2 Å². The molecular weight excluding hydrogens is 626 g/mol. The smallest absolute Gasteiger partial charge is 0.301 e. The number of nitrogens with zero attached hydrogens (tertiary/aromatic N) is 7. The summed E-state index contributed by atoms with van der Waals surface area (Å²) in [4.78, 5) is 31.1. The molecule has 2 N–H and O–H groups in total. The van der Waals surface area contributed by atoms with Gasteiger partial charge in [0.15, 0.2) is 6.10 Å². The minimum atomic E-state index is -3.38. The number of anilines is 3. The molecule has 3 aliphatic heterocycles. The first kappa shape index (κ1) is 33.3. The zero-order valence-electron chi connectivity index (χ0n) is 27.0. The SMILES string of the molecule is COc1nc(Nc2cc(-c3ccc(O[C@H]4CCN(C(=O)[C@@H](C)O)CC4(F)F)c(C#N)c3)ncn2)ccc1N1CCN(C2COC2)C[C@@H]1C. The van der Waals surface area contributed by atoms with Crippen molar-refractivity contribution in [1.82, 2.24) is 24.8 Å². The van der Waals surface area contributed by atoms with Gasteiger partial charge in [-0.3, -0.25) is 9.69 Å². The quantitative estimate of drug-likeness (QED) is 0.346. The average molecular weight is 665 g/mol. The second-order valence-corrected chi connectivity index (χ2v) is 12.3. The molecule has 2 aromatic heterocycles. The molecule has 0 saturated carbocycles. The summed E-state index contributed by atoms with van der Waals surface area (Å²) >= 11 is 0. The number of hydrogen-bond acceptors (Lipinski definition) is 12. The molecule has 3 aliphatic rings. The van der Waals surface area contributed by atoms with Crippen LogP contribution in [-0.2, 0) is 9.53 Å². The van der Waals surface area contributed by atoms with Crippen LogP contribution in [0, 0.1) is 11.3 Å². The van der Waals surface area contributed by atoms with E-state index in [0.717, 1.165) is 43.4 Å². The van der Waals surface area contributed by atoms with Crippen LogP contribution < -0.4 is 19.7 Å². The number of ether oxygens (including phenoxy) is 3. The highest BCUT2D eigenvalue weighted by Gasteiger charge is 2.48.